The predicted octanol–water partition coefficient (Wildman–Crippen LogP) is 4.48. The molecule has 0 bridgehead atoms. The second kappa shape index (κ2) is 5.29. The molecule has 0 saturated carbocycles. The molecule has 2 aromatic carbocycles. The van der Waals surface area contributed by atoms with Crippen molar-refractivity contribution in [2.45, 2.75) is 25.1 Å². The van der Waals surface area contributed by atoms with Crippen LogP contribution in [0.4, 0.5) is 13.2 Å². The third-order valence-electron chi connectivity index (χ3n) is 3.20. The molecule has 1 atom stereocenters. The Hall–Kier alpha value is -1.81. The van der Waals surface area contributed by atoms with Crippen molar-refractivity contribution < 1.29 is 13.2 Å². The first-order valence-corrected chi connectivity index (χ1v) is 6.29. The first kappa shape index (κ1) is 14.6. The molecule has 2 aromatic rings. The van der Waals surface area contributed by atoms with E-state index in [9.17, 15) is 13.2 Å². The molecule has 0 fully saturated rings. The van der Waals surface area contributed by atoms with Gasteiger partial charge in [0.25, 0.3) is 0 Å². The van der Waals surface area contributed by atoms with E-state index in [0.717, 1.165) is 11.1 Å². The highest BCUT2D eigenvalue weighted by molar-refractivity contribution is 5.64. The van der Waals surface area contributed by atoms with Crippen LogP contribution in [0, 0.1) is 0 Å². The van der Waals surface area contributed by atoms with Crippen LogP contribution in [0.15, 0.2) is 54.6 Å². The van der Waals surface area contributed by atoms with Crippen LogP contribution in [0.25, 0.3) is 11.1 Å². The van der Waals surface area contributed by atoms with Crippen molar-refractivity contribution in [2.75, 3.05) is 0 Å². The van der Waals surface area contributed by atoms with E-state index >= 15 is 0 Å². The lowest BCUT2D eigenvalue weighted by molar-refractivity contribution is -0.146. The molecule has 0 amide bonds. The summed E-state index contributed by atoms with van der Waals surface area (Å²) in [6.45, 7) is 1.41. The van der Waals surface area contributed by atoms with Crippen LogP contribution in [0.1, 0.15) is 18.9 Å². The summed E-state index contributed by atoms with van der Waals surface area (Å²) >= 11 is 0. The SMILES string of the molecule is CC(N)(CC(F)(F)F)c1cccc(-c2ccccc2)c1. The molecule has 106 valence electrons. The average molecular weight is 279 g/mol. The topological polar surface area (TPSA) is 26.0 Å². The Morgan fingerprint density at radius 1 is 0.900 bits per heavy atom. The molecular formula is C16H16F3N. The number of hydrogen-bond donors (Lipinski definition) is 1. The van der Waals surface area contributed by atoms with E-state index in [2.05, 4.69) is 0 Å². The van der Waals surface area contributed by atoms with E-state index in [1.807, 2.05) is 36.4 Å². The zero-order valence-corrected chi connectivity index (χ0v) is 11.1. The number of nitrogens with two attached hydrogens (primary N) is 1. The quantitative estimate of drug-likeness (QED) is 0.880. The molecule has 20 heavy (non-hydrogen) atoms. The van der Waals surface area contributed by atoms with Gasteiger partial charge >= 0.3 is 6.18 Å². The summed E-state index contributed by atoms with van der Waals surface area (Å²) in [7, 11) is 0. The summed E-state index contributed by atoms with van der Waals surface area (Å²) in [5.41, 5.74) is 6.72. The molecule has 2 rings (SSSR count). The number of benzene rings is 2. The molecule has 0 radical (unpaired) electrons. The molecule has 2 N–H and O–H groups in total. The van der Waals surface area contributed by atoms with Gasteiger partial charge in [-0.2, -0.15) is 13.2 Å². The fourth-order valence-corrected chi connectivity index (χ4v) is 2.20. The summed E-state index contributed by atoms with van der Waals surface area (Å²) in [6, 6.07) is 16.5. The summed E-state index contributed by atoms with van der Waals surface area (Å²) < 4.78 is 37.7. The van der Waals surface area contributed by atoms with Crippen molar-refractivity contribution in [1.82, 2.24) is 0 Å². The van der Waals surface area contributed by atoms with E-state index in [4.69, 9.17) is 5.73 Å². The second-order valence-electron chi connectivity index (χ2n) is 5.16. The van der Waals surface area contributed by atoms with Crippen LogP contribution < -0.4 is 5.73 Å². The number of rotatable bonds is 3. The molecule has 0 aromatic heterocycles. The molecule has 0 aliphatic rings. The molecule has 0 heterocycles. The van der Waals surface area contributed by atoms with Gasteiger partial charge in [-0.3, -0.25) is 0 Å². The molecule has 1 nitrogen and oxygen atoms in total. The zero-order chi connectivity index (χ0) is 14.8. The molecule has 1 unspecified atom stereocenters. The Bertz CT molecular complexity index is 574. The minimum absolute atomic E-state index is 0.483. The fraction of sp³-hybridized carbons (Fsp3) is 0.250. The molecule has 4 heteroatoms. The number of alkyl halides is 3. The number of hydrogen-bond acceptors (Lipinski definition) is 1. The van der Waals surface area contributed by atoms with Gasteiger partial charge in [0.05, 0.1) is 6.42 Å². The van der Waals surface area contributed by atoms with Crippen molar-refractivity contribution in [2.24, 2.45) is 5.73 Å². The van der Waals surface area contributed by atoms with Crippen LogP contribution in [0.2, 0.25) is 0 Å². The van der Waals surface area contributed by atoms with Gasteiger partial charge in [-0.25, -0.2) is 0 Å². The van der Waals surface area contributed by atoms with Crippen molar-refractivity contribution in [3.05, 3.63) is 60.2 Å². The smallest absolute Gasteiger partial charge is 0.321 e. The minimum Gasteiger partial charge on any atom is -0.321 e. The Morgan fingerprint density at radius 3 is 2.10 bits per heavy atom. The molecule has 0 saturated heterocycles. The highest BCUT2D eigenvalue weighted by Crippen LogP contribution is 2.34. The van der Waals surface area contributed by atoms with E-state index < -0.39 is 18.1 Å². The summed E-state index contributed by atoms with van der Waals surface area (Å²) in [5, 5.41) is 0. The molecule has 0 aliphatic heterocycles. The molecule has 0 spiro atoms. The fourth-order valence-electron chi connectivity index (χ4n) is 2.20. The van der Waals surface area contributed by atoms with E-state index in [-0.39, 0.29) is 0 Å². The Balaban J connectivity index is 2.35. The maximum Gasteiger partial charge on any atom is 0.391 e. The van der Waals surface area contributed by atoms with Crippen LogP contribution in [-0.4, -0.2) is 6.18 Å². The highest BCUT2D eigenvalue weighted by atomic mass is 19.4. The van der Waals surface area contributed by atoms with Gasteiger partial charge in [0, 0.05) is 5.54 Å². The lowest BCUT2D eigenvalue weighted by Gasteiger charge is -2.27. The van der Waals surface area contributed by atoms with Gasteiger partial charge in [0.15, 0.2) is 0 Å². The van der Waals surface area contributed by atoms with Crippen LogP contribution in [-0.2, 0) is 5.54 Å². The summed E-state index contributed by atoms with van der Waals surface area (Å²) in [4.78, 5) is 0. The van der Waals surface area contributed by atoms with Crippen molar-refractivity contribution in [3.8, 4) is 11.1 Å². The van der Waals surface area contributed by atoms with Gasteiger partial charge in [0.2, 0.25) is 0 Å². The normalized spacial score (nSPS) is 14.8. The zero-order valence-electron chi connectivity index (χ0n) is 11.1. The summed E-state index contributed by atoms with van der Waals surface area (Å²) in [5.74, 6) is 0. The van der Waals surface area contributed by atoms with E-state index in [0.29, 0.717) is 5.56 Å². The average Bonchev–Trinajstić information content (AvgIpc) is 2.37. The van der Waals surface area contributed by atoms with Crippen molar-refractivity contribution >= 4 is 0 Å². The van der Waals surface area contributed by atoms with E-state index in [1.165, 1.54) is 6.92 Å². The van der Waals surface area contributed by atoms with Gasteiger partial charge in [-0.1, -0.05) is 48.5 Å². The second-order valence-corrected chi connectivity index (χ2v) is 5.16. The standard InChI is InChI=1S/C16H16F3N/c1-15(20,11-16(17,18)19)14-9-5-8-13(10-14)12-6-3-2-4-7-12/h2-10H,11,20H2,1H3. The lowest BCUT2D eigenvalue weighted by Crippen LogP contribution is -2.38. The third-order valence-corrected chi connectivity index (χ3v) is 3.20. The maximum atomic E-state index is 12.6. The largest absolute Gasteiger partial charge is 0.391 e. The Morgan fingerprint density at radius 2 is 1.50 bits per heavy atom. The Labute approximate surface area is 116 Å². The number of halogens is 3. The molecule has 0 aliphatic carbocycles. The first-order chi connectivity index (χ1) is 9.28. The first-order valence-electron chi connectivity index (χ1n) is 6.29. The highest BCUT2D eigenvalue weighted by Gasteiger charge is 2.38. The van der Waals surface area contributed by atoms with Crippen LogP contribution in [0.3, 0.4) is 0 Å². The van der Waals surface area contributed by atoms with Crippen molar-refractivity contribution in [1.29, 1.82) is 0 Å². The maximum absolute atomic E-state index is 12.6. The van der Waals surface area contributed by atoms with Gasteiger partial charge in [-0.05, 0) is 29.7 Å². The van der Waals surface area contributed by atoms with Gasteiger partial charge in [0.1, 0.15) is 0 Å². The lowest BCUT2D eigenvalue weighted by atomic mass is 9.87. The third kappa shape index (κ3) is 3.61. The monoisotopic (exact) mass is 279 g/mol. The minimum atomic E-state index is -4.29. The van der Waals surface area contributed by atoms with E-state index in [1.54, 1.807) is 18.2 Å². The predicted molar refractivity (Wildman–Crippen MR) is 74.1 cm³/mol. The van der Waals surface area contributed by atoms with Crippen LogP contribution in [0.5, 0.6) is 0 Å². The van der Waals surface area contributed by atoms with Gasteiger partial charge < -0.3 is 5.73 Å². The summed E-state index contributed by atoms with van der Waals surface area (Å²) in [6.07, 6.45) is -5.33. The van der Waals surface area contributed by atoms with Crippen molar-refractivity contribution in [3.63, 3.8) is 0 Å². The van der Waals surface area contributed by atoms with Gasteiger partial charge in [-0.15, -0.1) is 0 Å². The Kier molecular flexibility index (Phi) is 3.86. The molecular weight excluding hydrogens is 263 g/mol. The van der Waals surface area contributed by atoms with Crippen LogP contribution >= 0.6 is 0 Å².